The summed E-state index contributed by atoms with van der Waals surface area (Å²) >= 11 is 0. The standard InChI is InChI=1S/2C20H26N.Sr/c2*1-19(2,3)15-7-11-17(12-8-15)21-18-13-9-16(10-14-18)20(4,5)6;/h2*7-14H,1-6H3;/q2*-1;+2. The van der Waals surface area contributed by atoms with Crippen molar-refractivity contribution in [3.8, 4) is 0 Å². The third-order valence-electron chi connectivity index (χ3n) is 7.45. The number of benzene rings is 4. The topological polar surface area (TPSA) is 28.2 Å². The molecule has 2 nitrogen and oxygen atoms in total. The van der Waals surface area contributed by atoms with Gasteiger partial charge in [0.2, 0.25) is 0 Å². The summed E-state index contributed by atoms with van der Waals surface area (Å²) in [6.45, 7) is 26.7. The van der Waals surface area contributed by atoms with Gasteiger partial charge in [-0.2, -0.15) is 0 Å². The minimum Gasteiger partial charge on any atom is -0.658 e. The molecule has 3 heteroatoms. The largest absolute Gasteiger partial charge is 2.00 e. The van der Waals surface area contributed by atoms with Crippen molar-refractivity contribution < 1.29 is 0 Å². The first-order valence-corrected chi connectivity index (χ1v) is 15.2. The van der Waals surface area contributed by atoms with Gasteiger partial charge >= 0.3 is 45.5 Å². The quantitative estimate of drug-likeness (QED) is 0.197. The molecule has 0 bridgehead atoms. The SMILES string of the molecule is CC(C)(C)c1ccc([N-]c2ccc(C(C)(C)C)cc2)cc1.CC(C)(C)c1ccc([N-]c2ccc(C(C)(C)C)cc2)cc1.[Sr+2]. The summed E-state index contributed by atoms with van der Waals surface area (Å²) in [6.07, 6.45) is 0. The first-order chi connectivity index (χ1) is 19.3. The first kappa shape index (κ1) is 37.1. The molecule has 0 fully saturated rings. The molecule has 0 spiro atoms. The smallest absolute Gasteiger partial charge is 0.658 e. The maximum absolute atomic E-state index is 4.69. The van der Waals surface area contributed by atoms with E-state index in [0.29, 0.717) is 0 Å². The summed E-state index contributed by atoms with van der Waals surface area (Å²) < 4.78 is 0. The van der Waals surface area contributed by atoms with Crippen LogP contribution in [0, 0.1) is 0 Å². The van der Waals surface area contributed by atoms with E-state index >= 15 is 0 Å². The van der Waals surface area contributed by atoms with Crippen molar-refractivity contribution in [2.45, 2.75) is 105 Å². The van der Waals surface area contributed by atoms with Crippen LogP contribution in [0.25, 0.3) is 10.6 Å². The van der Waals surface area contributed by atoms with Crippen LogP contribution in [0.2, 0.25) is 0 Å². The molecule has 224 valence electrons. The van der Waals surface area contributed by atoms with Gasteiger partial charge in [0.15, 0.2) is 0 Å². The zero-order valence-corrected chi connectivity index (χ0v) is 32.3. The summed E-state index contributed by atoms with van der Waals surface area (Å²) in [6, 6.07) is 34.1. The number of nitrogens with zero attached hydrogens (tertiary/aromatic N) is 2. The van der Waals surface area contributed by atoms with Gasteiger partial charge < -0.3 is 10.6 Å². The fourth-order valence-corrected chi connectivity index (χ4v) is 4.44. The summed E-state index contributed by atoms with van der Waals surface area (Å²) in [5.41, 5.74) is 10.1. The molecule has 0 amide bonds. The van der Waals surface area contributed by atoms with Crippen molar-refractivity contribution in [1.82, 2.24) is 0 Å². The molecule has 0 saturated carbocycles. The Bertz CT molecular complexity index is 1160. The molecule has 43 heavy (non-hydrogen) atoms. The molecule has 4 aromatic carbocycles. The zero-order chi connectivity index (χ0) is 31.3. The van der Waals surface area contributed by atoms with Gasteiger partial charge in [0, 0.05) is 0 Å². The van der Waals surface area contributed by atoms with E-state index in [1.54, 1.807) is 0 Å². The molecular formula is C40H52N2Sr. The van der Waals surface area contributed by atoms with Gasteiger partial charge in [-0.05, 0) is 43.9 Å². The summed E-state index contributed by atoms with van der Waals surface area (Å²) in [7, 11) is 0. The molecule has 0 saturated heterocycles. The van der Waals surface area contributed by atoms with E-state index in [4.69, 9.17) is 0 Å². The predicted molar refractivity (Wildman–Crippen MR) is 192 cm³/mol. The van der Waals surface area contributed by atoms with Gasteiger partial charge in [0.1, 0.15) is 0 Å². The van der Waals surface area contributed by atoms with Crippen LogP contribution in [-0.2, 0) is 21.7 Å². The minimum absolute atomic E-state index is 0. The van der Waals surface area contributed by atoms with Crippen molar-refractivity contribution in [1.29, 1.82) is 0 Å². The molecule has 0 heterocycles. The van der Waals surface area contributed by atoms with E-state index in [-0.39, 0.29) is 67.1 Å². The zero-order valence-electron chi connectivity index (χ0n) is 28.8. The molecule has 0 aliphatic rings. The Hall–Kier alpha value is -2.04. The van der Waals surface area contributed by atoms with Crippen molar-refractivity contribution in [2.24, 2.45) is 0 Å². The summed E-state index contributed by atoms with van der Waals surface area (Å²) in [4.78, 5) is 0. The third kappa shape index (κ3) is 11.8. The second-order valence-corrected chi connectivity index (χ2v) is 15.4. The van der Waals surface area contributed by atoms with Crippen molar-refractivity contribution in [3.05, 3.63) is 130 Å². The summed E-state index contributed by atoms with van der Waals surface area (Å²) in [5.74, 6) is 0. The Labute approximate surface area is 300 Å². The Balaban J connectivity index is 0.000000293. The second-order valence-electron chi connectivity index (χ2n) is 15.4. The van der Waals surface area contributed by atoms with E-state index in [1.807, 2.05) is 0 Å². The summed E-state index contributed by atoms with van der Waals surface area (Å²) in [5, 5.41) is 9.37. The molecule has 0 N–H and O–H groups in total. The van der Waals surface area contributed by atoms with Gasteiger partial charge in [-0.15, -0.1) is 22.7 Å². The van der Waals surface area contributed by atoms with E-state index in [1.165, 1.54) is 22.3 Å². The van der Waals surface area contributed by atoms with Gasteiger partial charge in [-0.1, -0.05) is 180 Å². The van der Waals surface area contributed by atoms with Crippen LogP contribution in [-0.4, -0.2) is 45.5 Å². The predicted octanol–water partition coefficient (Wildman–Crippen LogP) is 12.9. The normalized spacial score (nSPS) is 12.0. The molecule has 0 aliphatic heterocycles. The van der Waals surface area contributed by atoms with E-state index in [0.717, 1.165) is 22.7 Å². The minimum atomic E-state index is 0. The molecular weight excluding hydrogens is 596 g/mol. The average Bonchev–Trinajstić information content (AvgIpc) is 2.88. The van der Waals surface area contributed by atoms with Crippen molar-refractivity contribution in [2.75, 3.05) is 0 Å². The molecule has 0 aromatic heterocycles. The van der Waals surface area contributed by atoms with Gasteiger partial charge in [0.25, 0.3) is 0 Å². The molecule has 4 rings (SSSR count). The average molecular weight is 648 g/mol. The fourth-order valence-electron chi connectivity index (χ4n) is 4.44. The van der Waals surface area contributed by atoms with Gasteiger partial charge in [-0.25, -0.2) is 0 Å². The van der Waals surface area contributed by atoms with Crippen LogP contribution in [0.5, 0.6) is 0 Å². The van der Waals surface area contributed by atoms with Crippen LogP contribution in [0.15, 0.2) is 97.1 Å². The maximum atomic E-state index is 4.69. The van der Waals surface area contributed by atoms with Crippen LogP contribution < -0.4 is 0 Å². The first-order valence-electron chi connectivity index (χ1n) is 15.2. The van der Waals surface area contributed by atoms with E-state index in [2.05, 4.69) is 191 Å². The molecule has 0 unspecified atom stereocenters. The number of rotatable bonds is 4. The molecule has 0 aliphatic carbocycles. The van der Waals surface area contributed by atoms with Gasteiger partial charge in [-0.3, -0.25) is 0 Å². The Morgan fingerprint density at radius 2 is 0.419 bits per heavy atom. The van der Waals surface area contributed by atoms with Gasteiger partial charge in [0.05, 0.1) is 0 Å². The number of hydrogen-bond acceptors (Lipinski definition) is 0. The molecule has 0 atom stereocenters. The van der Waals surface area contributed by atoms with Crippen LogP contribution in [0.1, 0.15) is 105 Å². The van der Waals surface area contributed by atoms with Crippen molar-refractivity contribution in [3.63, 3.8) is 0 Å². The Kier molecular flexibility index (Phi) is 12.8. The van der Waals surface area contributed by atoms with E-state index in [9.17, 15) is 0 Å². The maximum Gasteiger partial charge on any atom is 2.00 e. The van der Waals surface area contributed by atoms with Crippen molar-refractivity contribution >= 4 is 68.2 Å². The van der Waals surface area contributed by atoms with E-state index < -0.39 is 0 Å². The van der Waals surface area contributed by atoms with Crippen LogP contribution in [0.4, 0.5) is 22.7 Å². The molecule has 4 aromatic rings. The fraction of sp³-hybridized carbons (Fsp3) is 0.400. The second kappa shape index (κ2) is 14.8. The number of hydrogen-bond donors (Lipinski definition) is 0. The Morgan fingerprint density at radius 3 is 0.535 bits per heavy atom. The molecule has 0 radical (unpaired) electrons. The monoisotopic (exact) mass is 648 g/mol. The van der Waals surface area contributed by atoms with Crippen LogP contribution in [0.3, 0.4) is 0 Å². The Morgan fingerprint density at radius 1 is 0.279 bits per heavy atom. The third-order valence-corrected chi connectivity index (χ3v) is 7.45. The van der Waals surface area contributed by atoms with Crippen LogP contribution >= 0.6 is 0 Å².